The van der Waals surface area contributed by atoms with Crippen molar-refractivity contribution in [2.24, 2.45) is 17.8 Å². The highest BCUT2D eigenvalue weighted by Gasteiger charge is 2.33. The Morgan fingerprint density at radius 1 is 1.25 bits per heavy atom. The summed E-state index contributed by atoms with van der Waals surface area (Å²) in [4.78, 5) is 11.3. The predicted molar refractivity (Wildman–Crippen MR) is 81.8 cm³/mol. The first kappa shape index (κ1) is 15.1. The zero-order valence-corrected chi connectivity index (χ0v) is 13.1. The predicted octanol–water partition coefficient (Wildman–Crippen LogP) is 4.79. The number of hydrogen-bond acceptors (Lipinski definition) is 2. The number of carbonyl (C=O) groups is 1. The van der Waals surface area contributed by atoms with E-state index in [2.05, 4.69) is 32.9 Å². The van der Waals surface area contributed by atoms with Crippen molar-refractivity contribution in [1.82, 2.24) is 0 Å². The fourth-order valence-corrected chi connectivity index (χ4v) is 3.59. The Bertz CT molecular complexity index is 464. The fourth-order valence-electron chi connectivity index (χ4n) is 3.59. The summed E-state index contributed by atoms with van der Waals surface area (Å²) in [6, 6.07) is 8.06. The van der Waals surface area contributed by atoms with Crippen LogP contribution in [0, 0.1) is 17.8 Å². The molecule has 3 atom stereocenters. The Kier molecular flexibility index (Phi) is 4.85. The largest absolute Gasteiger partial charge is 0.426 e. The smallest absolute Gasteiger partial charge is 0.308 e. The van der Waals surface area contributed by atoms with Crippen molar-refractivity contribution in [3.05, 3.63) is 29.8 Å². The van der Waals surface area contributed by atoms with E-state index in [-0.39, 0.29) is 5.97 Å². The van der Waals surface area contributed by atoms with Gasteiger partial charge in [0, 0.05) is 6.92 Å². The number of esters is 1. The van der Waals surface area contributed by atoms with Crippen LogP contribution < -0.4 is 4.74 Å². The van der Waals surface area contributed by atoms with Crippen molar-refractivity contribution in [3.63, 3.8) is 0 Å². The number of rotatable bonds is 3. The molecule has 0 heterocycles. The summed E-state index contributed by atoms with van der Waals surface area (Å²) in [5, 5.41) is 0. The van der Waals surface area contributed by atoms with E-state index in [1.165, 1.54) is 31.7 Å². The third-order valence-electron chi connectivity index (χ3n) is 4.59. The highest BCUT2D eigenvalue weighted by atomic mass is 16.5. The van der Waals surface area contributed by atoms with Gasteiger partial charge in [0.25, 0.3) is 0 Å². The van der Waals surface area contributed by atoms with Crippen LogP contribution in [0.15, 0.2) is 24.3 Å². The van der Waals surface area contributed by atoms with Gasteiger partial charge in [0.15, 0.2) is 0 Å². The minimum atomic E-state index is -0.234. The Morgan fingerprint density at radius 2 is 1.95 bits per heavy atom. The SMILES string of the molecule is CC(=O)Oc1ccccc1C1CC(C)CCC1C(C)C. The second kappa shape index (κ2) is 6.43. The van der Waals surface area contributed by atoms with Crippen molar-refractivity contribution >= 4 is 5.97 Å². The molecule has 1 aromatic carbocycles. The molecule has 1 aliphatic rings. The van der Waals surface area contributed by atoms with Crippen LogP contribution >= 0.6 is 0 Å². The summed E-state index contributed by atoms with van der Waals surface area (Å²) in [6.07, 6.45) is 3.79. The summed E-state index contributed by atoms with van der Waals surface area (Å²) in [5.41, 5.74) is 1.22. The zero-order chi connectivity index (χ0) is 14.7. The molecule has 2 nitrogen and oxygen atoms in total. The van der Waals surface area contributed by atoms with Crippen molar-refractivity contribution < 1.29 is 9.53 Å². The van der Waals surface area contributed by atoms with Crippen LogP contribution in [-0.4, -0.2) is 5.97 Å². The van der Waals surface area contributed by atoms with Gasteiger partial charge in [0.05, 0.1) is 0 Å². The minimum absolute atomic E-state index is 0.234. The van der Waals surface area contributed by atoms with Crippen molar-refractivity contribution in [2.75, 3.05) is 0 Å². The average Bonchev–Trinajstić information content (AvgIpc) is 2.38. The number of ether oxygens (including phenoxy) is 1. The normalized spacial score (nSPS) is 26.6. The lowest BCUT2D eigenvalue weighted by Gasteiger charge is -2.38. The molecule has 1 aromatic rings. The monoisotopic (exact) mass is 274 g/mol. The topological polar surface area (TPSA) is 26.3 Å². The van der Waals surface area contributed by atoms with E-state index >= 15 is 0 Å². The summed E-state index contributed by atoms with van der Waals surface area (Å²) in [5.74, 6) is 3.13. The molecule has 20 heavy (non-hydrogen) atoms. The molecule has 0 N–H and O–H groups in total. The van der Waals surface area contributed by atoms with E-state index < -0.39 is 0 Å². The standard InChI is InChI=1S/C18H26O2/c1-12(2)15-10-9-13(3)11-17(15)16-7-5-6-8-18(16)20-14(4)19/h5-8,12-13,15,17H,9-11H2,1-4H3. The van der Waals surface area contributed by atoms with Crippen LogP contribution in [0.1, 0.15) is 58.4 Å². The average molecular weight is 274 g/mol. The molecule has 3 unspecified atom stereocenters. The van der Waals surface area contributed by atoms with Crippen LogP contribution in [0.4, 0.5) is 0 Å². The van der Waals surface area contributed by atoms with Gasteiger partial charge < -0.3 is 4.74 Å². The maximum atomic E-state index is 11.3. The molecule has 1 saturated carbocycles. The molecule has 110 valence electrons. The van der Waals surface area contributed by atoms with E-state index in [0.29, 0.717) is 17.8 Å². The molecule has 0 spiro atoms. The van der Waals surface area contributed by atoms with E-state index in [1.807, 2.05) is 12.1 Å². The zero-order valence-electron chi connectivity index (χ0n) is 13.1. The molecule has 1 fully saturated rings. The van der Waals surface area contributed by atoms with E-state index in [9.17, 15) is 4.79 Å². The minimum Gasteiger partial charge on any atom is -0.426 e. The van der Waals surface area contributed by atoms with Gasteiger partial charge in [-0.2, -0.15) is 0 Å². The lowest BCUT2D eigenvalue weighted by atomic mass is 9.67. The van der Waals surface area contributed by atoms with Gasteiger partial charge in [-0.15, -0.1) is 0 Å². The van der Waals surface area contributed by atoms with Crippen molar-refractivity contribution in [1.29, 1.82) is 0 Å². The molecule has 0 amide bonds. The van der Waals surface area contributed by atoms with Crippen LogP contribution in [-0.2, 0) is 4.79 Å². The highest BCUT2D eigenvalue weighted by Crippen LogP contribution is 2.46. The number of hydrogen-bond donors (Lipinski definition) is 0. The molecular weight excluding hydrogens is 248 g/mol. The summed E-state index contributed by atoms with van der Waals surface area (Å²) in [7, 11) is 0. The molecule has 1 aliphatic carbocycles. The van der Waals surface area contributed by atoms with E-state index in [4.69, 9.17) is 4.74 Å². The van der Waals surface area contributed by atoms with Crippen molar-refractivity contribution in [2.45, 2.75) is 52.9 Å². The molecule has 0 bridgehead atoms. The first-order valence-corrected chi connectivity index (χ1v) is 7.76. The fraction of sp³-hybridized carbons (Fsp3) is 0.611. The van der Waals surface area contributed by atoms with Gasteiger partial charge in [-0.25, -0.2) is 0 Å². The first-order chi connectivity index (χ1) is 9.49. The molecule has 0 saturated heterocycles. The third kappa shape index (κ3) is 3.41. The summed E-state index contributed by atoms with van der Waals surface area (Å²) < 4.78 is 5.42. The van der Waals surface area contributed by atoms with Crippen molar-refractivity contribution in [3.8, 4) is 5.75 Å². The van der Waals surface area contributed by atoms with Gasteiger partial charge in [0.1, 0.15) is 5.75 Å². The van der Waals surface area contributed by atoms with Crippen LogP contribution in [0.5, 0.6) is 5.75 Å². The van der Waals surface area contributed by atoms with Gasteiger partial charge >= 0.3 is 5.97 Å². The first-order valence-electron chi connectivity index (χ1n) is 7.76. The maximum absolute atomic E-state index is 11.3. The summed E-state index contributed by atoms with van der Waals surface area (Å²) >= 11 is 0. The van der Waals surface area contributed by atoms with Gasteiger partial charge in [-0.3, -0.25) is 4.79 Å². The third-order valence-corrected chi connectivity index (χ3v) is 4.59. The molecule has 0 aromatic heterocycles. The Hall–Kier alpha value is -1.31. The molecule has 2 heteroatoms. The summed E-state index contributed by atoms with van der Waals surface area (Å²) in [6.45, 7) is 8.42. The second-order valence-corrected chi connectivity index (χ2v) is 6.56. The maximum Gasteiger partial charge on any atom is 0.308 e. The number of carbonyl (C=O) groups excluding carboxylic acids is 1. The lowest BCUT2D eigenvalue weighted by Crippen LogP contribution is -2.26. The molecule has 0 aliphatic heterocycles. The molecular formula is C18H26O2. The van der Waals surface area contributed by atoms with Crippen LogP contribution in [0.3, 0.4) is 0 Å². The van der Waals surface area contributed by atoms with Gasteiger partial charge in [-0.1, -0.05) is 45.4 Å². The quantitative estimate of drug-likeness (QED) is 0.585. The van der Waals surface area contributed by atoms with Gasteiger partial charge in [-0.05, 0) is 48.1 Å². The number of para-hydroxylation sites is 1. The van der Waals surface area contributed by atoms with Crippen LogP contribution in [0.2, 0.25) is 0 Å². The Morgan fingerprint density at radius 3 is 2.60 bits per heavy atom. The Labute approximate surface area is 122 Å². The highest BCUT2D eigenvalue weighted by molar-refractivity contribution is 5.69. The van der Waals surface area contributed by atoms with E-state index in [0.717, 1.165) is 11.7 Å². The second-order valence-electron chi connectivity index (χ2n) is 6.56. The number of benzene rings is 1. The molecule has 0 radical (unpaired) electrons. The Balaban J connectivity index is 2.33. The van der Waals surface area contributed by atoms with Crippen LogP contribution in [0.25, 0.3) is 0 Å². The molecule has 2 rings (SSSR count). The van der Waals surface area contributed by atoms with Gasteiger partial charge in [0.2, 0.25) is 0 Å². The van der Waals surface area contributed by atoms with E-state index in [1.54, 1.807) is 0 Å². The lowest BCUT2D eigenvalue weighted by molar-refractivity contribution is -0.131.